The Hall–Kier alpha value is -3.28. The number of nitrogens with one attached hydrogen (secondary N) is 1. The highest BCUT2D eigenvalue weighted by molar-refractivity contribution is 5.92. The molecule has 0 saturated heterocycles. The van der Waals surface area contributed by atoms with Gasteiger partial charge in [0, 0.05) is 17.3 Å². The summed E-state index contributed by atoms with van der Waals surface area (Å²) in [6.07, 6.45) is 0.141. The zero-order chi connectivity index (χ0) is 17.9. The number of carbonyl (C=O) groups excluding carboxylic acids is 1. The molecule has 0 bridgehead atoms. The van der Waals surface area contributed by atoms with E-state index in [9.17, 15) is 4.79 Å². The summed E-state index contributed by atoms with van der Waals surface area (Å²) in [5, 5.41) is 6.86. The largest absolute Gasteiger partial charge is 0.486 e. The van der Waals surface area contributed by atoms with Gasteiger partial charge < -0.3 is 19.3 Å². The van der Waals surface area contributed by atoms with Crippen LogP contribution in [0.3, 0.4) is 0 Å². The van der Waals surface area contributed by atoms with Crippen molar-refractivity contribution in [3.05, 3.63) is 59.8 Å². The lowest BCUT2D eigenvalue weighted by molar-refractivity contribution is -0.115. The maximum atomic E-state index is 12.2. The second-order valence-electron chi connectivity index (χ2n) is 6.14. The first kappa shape index (κ1) is 16.2. The SMILES string of the molecule is Cc1cccc(NC(=O)Cc2cc(-c3ccc4c(c3)OCCO4)on2)c1. The number of amides is 1. The molecule has 1 aromatic heterocycles. The molecule has 0 spiro atoms. The van der Waals surface area contributed by atoms with E-state index in [-0.39, 0.29) is 12.3 Å². The van der Waals surface area contributed by atoms with Crippen LogP contribution in [0.25, 0.3) is 11.3 Å². The fourth-order valence-electron chi connectivity index (χ4n) is 2.82. The summed E-state index contributed by atoms with van der Waals surface area (Å²) in [6.45, 7) is 3.05. The van der Waals surface area contributed by atoms with Crippen molar-refractivity contribution in [3.63, 3.8) is 0 Å². The van der Waals surface area contributed by atoms with Crippen molar-refractivity contribution in [2.24, 2.45) is 0 Å². The molecule has 0 radical (unpaired) electrons. The number of benzene rings is 2. The standard InChI is InChI=1S/C20H18N2O4/c1-13-3-2-4-15(9-13)21-20(23)12-16-11-18(26-22-16)14-5-6-17-19(10-14)25-8-7-24-17/h2-6,9-11H,7-8,12H2,1H3,(H,21,23). The van der Waals surface area contributed by atoms with Crippen molar-refractivity contribution in [1.29, 1.82) is 0 Å². The Labute approximate surface area is 150 Å². The molecule has 2 heterocycles. The Morgan fingerprint density at radius 3 is 2.77 bits per heavy atom. The van der Waals surface area contributed by atoms with Crippen LogP contribution in [-0.4, -0.2) is 24.3 Å². The van der Waals surface area contributed by atoms with Gasteiger partial charge in [0.2, 0.25) is 5.91 Å². The summed E-state index contributed by atoms with van der Waals surface area (Å²) >= 11 is 0. The quantitative estimate of drug-likeness (QED) is 0.778. The van der Waals surface area contributed by atoms with E-state index >= 15 is 0 Å². The number of anilines is 1. The molecule has 1 amide bonds. The van der Waals surface area contributed by atoms with E-state index in [2.05, 4.69) is 10.5 Å². The molecule has 0 fully saturated rings. The van der Waals surface area contributed by atoms with Crippen LogP contribution in [0.4, 0.5) is 5.69 Å². The van der Waals surface area contributed by atoms with Crippen LogP contribution in [0.15, 0.2) is 53.1 Å². The number of hydrogen-bond donors (Lipinski definition) is 1. The van der Waals surface area contributed by atoms with E-state index in [4.69, 9.17) is 14.0 Å². The number of carbonyl (C=O) groups is 1. The summed E-state index contributed by atoms with van der Waals surface area (Å²) in [5.41, 5.74) is 3.25. The predicted octanol–water partition coefficient (Wildman–Crippen LogP) is 3.60. The second-order valence-corrected chi connectivity index (χ2v) is 6.14. The Morgan fingerprint density at radius 1 is 1.08 bits per heavy atom. The average molecular weight is 350 g/mol. The van der Waals surface area contributed by atoms with Gasteiger partial charge in [-0.25, -0.2) is 0 Å². The van der Waals surface area contributed by atoms with E-state index < -0.39 is 0 Å². The summed E-state index contributed by atoms with van der Waals surface area (Å²) in [7, 11) is 0. The van der Waals surface area contributed by atoms with Crippen molar-refractivity contribution >= 4 is 11.6 Å². The molecule has 0 saturated carbocycles. The first-order chi connectivity index (χ1) is 12.7. The van der Waals surface area contributed by atoms with Crippen molar-refractivity contribution in [3.8, 4) is 22.8 Å². The molecule has 0 aliphatic carbocycles. The lowest BCUT2D eigenvalue weighted by atomic mass is 10.1. The van der Waals surface area contributed by atoms with Gasteiger partial charge in [-0.15, -0.1) is 0 Å². The number of rotatable bonds is 4. The maximum absolute atomic E-state index is 12.2. The van der Waals surface area contributed by atoms with Crippen LogP contribution in [0.5, 0.6) is 11.5 Å². The normalized spacial score (nSPS) is 12.7. The Kier molecular flexibility index (Phi) is 4.31. The molecule has 6 heteroatoms. The fourth-order valence-corrected chi connectivity index (χ4v) is 2.82. The van der Waals surface area contributed by atoms with Crippen LogP contribution in [-0.2, 0) is 11.2 Å². The molecule has 0 atom stereocenters. The lowest BCUT2D eigenvalue weighted by Crippen LogP contribution is -2.15. The molecular formula is C20H18N2O4. The van der Waals surface area contributed by atoms with E-state index in [0.717, 1.165) is 22.6 Å². The van der Waals surface area contributed by atoms with Gasteiger partial charge in [0.05, 0.1) is 12.1 Å². The molecule has 2 aromatic carbocycles. The minimum atomic E-state index is -0.141. The van der Waals surface area contributed by atoms with Crippen LogP contribution >= 0.6 is 0 Å². The minimum absolute atomic E-state index is 0.141. The van der Waals surface area contributed by atoms with Gasteiger partial charge >= 0.3 is 0 Å². The minimum Gasteiger partial charge on any atom is -0.486 e. The van der Waals surface area contributed by atoms with E-state index in [1.807, 2.05) is 49.4 Å². The van der Waals surface area contributed by atoms with Gasteiger partial charge in [0.15, 0.2) is 17.3 Å². The molecule has 1 N–H and O–H groups in total. The van der Waals surface area contributed by atoms with Gasteiger partial charge in [0.25, 0.3) is 0 Å². The summed E-state index contributed by atoms with van der Waals surface area (Å²) in [4.78, 5) is 12.2. The first-order valence-corrected chi connectivity index (χ1v) is 8.39. The van der Waals surface area contributed by atoms with Gasteiger partial charge in [0.1, 0.15) is 13.2 Å². The van der Waals surface area contributed by atoms with Crippen LogP contribution in [0.1, 0.15) is 11.3 Å². The Bertz CT molecular complexity index is 948. The molecule has 1 aliphatic heterocycles. The predicted molar refractivity (Wildman–Crippen MR) is 96.4 cm³/mol. The summed E-state index contributed by atoms with van der Waals surface area (Å²) in [5.74, 6) is 1.85. The molecule has 1 aliphatic rings. The van der Waals surface area contributed by atoms with Gasteiger partial charge in [-0.1, -0.05) is 17.3 Å². The number of ether oxygens (including phenoxy) is 2. The Morgan fingerprint density at radius 2 is 1.92 bits per heavy atom. The third-order valence-corrected chi connectivity index (χ3v) is 4.03. The summed E-state index contributed by atoms with van der Waals surface area (Å²) in [6, 6.07) is 15.0. The molecule has 3 aromatic rings. The molecule has 6 nitrogen and oxygen atoms in total. The monoisotopic (exact) mass is 350 g/mol. The highest BCUT2D eigenvalue weighted by atomic mass is 16.6. The van der Waals surface area contributed by atoms with Gasteiger partial charge in [-0.05, 0) is 42.8 Å². The average Bonchev–Trinajstić information content (AvgIpc) is 3.09. The number of hydrogen-bond acceptors (Lipinski definition) is 5. The molecule has 4 rings (SSSR count). The van der Waals surface area contributed by atoms with Crippen molar-refractivity contribution < 1.29 is 18.8 Å². The van der Waals surface area contributed by atoms with Gasteiger partial charge in [-0.2, -0.15) is 0 Å². The third kappa shape index (κ3) is 3.54. The second kappa shape index (κ2) is 6.92. The Balaban J connectivity index is 1.45. The van der Waals surface area contributed by atoms with Crippen molar-refractivity contribution in [1.82, 2.24) is 5.16 Å². The number of nitrogens with zero attached hydrogens (tertiary/aromatic N) is 1. The van der Waals surface area contributed by atoms with E-state index in [1.165, 1.54) is 0 Å². The van der Waals surface area contributed by atoms with Crippen LogP contribution in [0.2, 0.25) is 0 Å². The third-order valence-electron chi connectivity index (χ3n) is 4.03. The highest BCUT2D eigenvalue weighted by Gasteiger charge is 2.15. The maximum Gasteiger partial charge on any atom is 0.230 e. The van der Waals surface area contributed by atoms with E-state index in [1.54, 1.807) is 6.07 Å². The zero-order valence-electron chi connectivity index (χ0n) is 14.3. The van der Waals surface area contributed by atoms with Gasteiger partial charge in [-0.3, -0.25) is 4.79 Å². The first-order valence-electron chi connectivity index (χ1n) is 8.39. The zero-order valence-corrected chi connectivity index (χ0v) is 14.3. The summed E-state index contributed by atoms with van der Waals surface area (Å²) < 4.78 is 16.5. The highest BCUT2D eigenvalue weighted by Crippen LogP contribution is 2.34. The fraction of sp³-hybridized carbons (Fsp3) is 0.200. The molecule has 0 unspecified atom stereocenters. The smallest absolute Gasteiger partial charge is 0.230 e. The number of fused-ring (bicyclic) bond motifs is 1. The number of aryl methyl sites for hydroxylation is 1. The van der Waals surface area contributed by atoms with E-state index in [0.29, 0.717) is 30.4 Å². The van der Waals surface area contributed by atoms with Crippen LogP contribution in [0, 0.1) is 6.92 Å². The number of aromatic nitrogens is 1. The molecule has 132 valence electrons. The molecular weight excluding hydrogens is 332 g/mol. The van der Waals surface area contributed by atoms with Crippen molar-refractivity contribution in [2.75, 3.05) is 18.5 Å². The van der Waals surface area contributed by atoms with Crippen molar-refractivity contribution in [2.45, 2.75) is 13.3 Å². The lowest BCUT2D eigenvalue weighted by Gasteiger charge is -2.18. The van der Waals surface area contributed by atoms with Crippen LogP contribution < -0.4 is 14.8 Å². The molecule has 26 heavy (non-hydrogen) atoms. The topological polar surface area (TPSA) is 73.6 Å².